The first-order valence-corrected chi connectivity index (χ1v) is 13.0. The predicted octanol–water partition coefficient (Wildman–Crippen LogP) is 3.81. The largest absolute Gasteiger partial charge is 0.469 e. The van der Waals surface area contributed by atoms with Crippen molar-refractivity contribution in [3.8, 4) is 0 Å². The highest BCUT2D eigenvalue weighted by atomic mass is 16.6. The Morgan fingerprint density at radius 3 is 2.09 bits per heavy atom. The molecule has 0 bridgehead atoms. The van der Waals surface area contributed by atoms with Gasteiger partial charge >= 0.3 is 5.97 Å². The molecule has 0 aromatic heterocycles. The predicted molar refractivity (Wildman–Crippen MR) is 133 cm³/mol. The van der Waals surface area contributed by atoms with Gasteiger partial charge in [0.05, 0.1) is 72.2 Å². The van der Waals surface area contributed by atoms with Crippen LogP contribution >= 0.6 is 0 Å². The number of ether oxygens (including phenoxy) is 5. The first-order valence-electron chi connectivity index (χ1n) is 13.0. The summed E-state index contributed by atoms with van der Waals surface area (Å²) in [4.78, 5) is 11.1. The molecule has 2 atom stereocenters. The first kappa shape index (κ1) is 33.0. The number of aliphatic hydroxyl groups excluding tert-OH is 2. The van der Waals surface area contributed by atoms with E-state index in [9.17, 15) is 9.90 Å². The van der Waals surface area contributed by atoms with Crippen LogP contribution in [0.3, 0.4) is 0 Å². The van der Waals surface area contributed by atoms with Gasteiger partial charge in [-0.25, -0.2) is 0 Å². The van der Waals surface area contributed by atoms with Crippen molar-refractivity contribution in [2.75, 3.05) is 60.0 Å². The van der Waals surface area contributed by atoms with Crippen LogP contribution in [0.5, 0.6) is 0 Å². The summed E-state index contributed by atoms with van der Waals surface area (Å²) in [5.74, 6) is -0.127. The number of esters is 1. The summed E-state index contributed by atoms with van der Waals surface area (Å²) in [6.07, 6.45) is 14.0. The van der Waals surface area contributed by atoms with E-state index in [1.165, 1.54) is 7.11 Å². The molecule has 0 aromatic carbocycles. The van der Waals surface area contributed by atoms with E-state index in [4.69, 9.17) is 24.1 Å². The fourth-order valence-electron chi connectivity index (χ4n) is 3.31. The molecule has 0 aromatic rings. The molecule has 0 saturated heterocycles. The summed E-state index contributed by atoms with van der Waals surface area (Å²) in [6, 6.07) is 0. The van der Waals surface area contributed by atoms with Gasteiger partial charge in [0, 0.05) is 6.42 Å². The molecule has 0 aliphatic rings. The standard InChI is InChI=1S/C26H50O8/c1-3-4-13-24(28)25(34-23-22-33-21-20-32-19-18-31-17-16-27)14-11-9-7-5-6-8-10-12-15-26(29)30-2/h9,11,24-25,27-28H,3-8,10,12-23H2,1-2H3. The topological polar surface area (TPSA) is 104 Å². The van der Waals surface area contributed by atoms with Crippen LogP contribution in [0.2, 0.25) is 0 Å². The molecular formula is C26H50O8. The second-order valence-electron chi connectivity index (χ2n) is 8.27. The normalized spacial score (nSPS) is 13.4. The number of aliphatic hydroxyl groups is 2. The molecule has 202 valence electrons. The lowest BCUT2D eigenvalue weighted by atomic mass is 10.0. The molecule has 0 saturated carbocycles. The number of unbranched alkanes of at least 4 members (excludes halogenated alkanes) is 6. The number of hydrogen-bond acceptors (Lipinski definition) is 8. The summed E-state index contributed by atoms with van der Waals surface area (Å²) >= 11 is 0. The highest BCUT2D eigenvalue weighted by Crippen LogP contribution is 2.13. The molecule has 0 aliphatic heterocycles. The molecule has 8 heteroatoms. The number of carbonyl (C=O) groups excluding carboxylic acids is 1. The monoisotopic (exact) mass is 490 g/mol. The Morgan fingerprint density at radius 2 is 1.44 bits per heavy atom. The minimum Gasteiger partial charge on any atom is -0.469 e. The molecule has 0 fully saturated rings. The summed E-state index contributed by atoms with van der Waals surface area (Å²) in [6.45, 7) is 5.28. The van der Waals surface area contributed by atoms with Crippen LogP contribution in [0.25, 0.3) is 0 Å². The van der Waals surface area contributed by atoms with Gasteiger partial charge in [0.15, 0.2) is 0 Å². The molecule has 0 spiro atoms. The van der Waals surface area contributed by atoms with E-state index < -0.39 is 6.10 Å². The van der Waals surface area contributed by atoms with E-state index in [0.717, 1.165) is 57.8 Å². The lowest BCUT2D eigenvalue weighted by Gasteiger charge is -2.22. The molecule has 2 unspecified atom stereocenters. The van der Waals surface area contributed by atoms with Crippen LogP contribution in [-0.2, 0) is 28.5 Å². The SMILES string of the molecule is CCCCC(O)C(CC=CCCCCCCCC(=O)OC)OCCOCCOCCOCCO. The van der Waals surface area contributed by atoms with Crippen molar-refractivity contribution >= 4 is 5.97 Å². The van der Waals surface area contributed by atoms with E-state index in [2.05, 4.69) is 23.8 Å². The Kier molecular flexibility index (Phi) is 25.8. The Balaban J connectivity index is 3.90. The van der Waals surface area contributed by atoms with Gasteiger partial charge in [-0.1, -0.05) is 51.2 Å². The van der Waals surface area contributed by atoms with Crippen LogP contribution in [-0.4, -0.2) is 88.4 Å². The summed E-state index contributed by atoms with van der Waals surface area (Å²) in [7, 11) is 1.43. The Hall–Kier alpha value is -1.03. The minimum absolute atomic E-state index is 0.0217. The highest BCUT2D eigenvalue weighted by molar-refractivity contribution is 5.68. The van der Waals surface area contributed by atoms with Crippen molar-refractivity contribution < 1.29 is 38.7 Å². The molecule has 0 rings (SSSR count). The number of hydrogen-bond donors (Lipinski definition) is 2. The molecule has 34 heavy (non-hydrogen) atoms. The van der Waals surface area contributed by atoms with Crippen molar-refractivity contribution in [1.29, 1.82) is 0 Å². The zero-order valence-electron chi connectivity index (χ0n) is 21.6. The van der Waals surface area contributed by atoms with Crippen molar-refractivity contribution in [3.63, 3.8) is 0 Å². The highest BCUT2D eigenvalue weighted by Gasteiger charge is 2.18. The zero-order valence-corrected chi connectivity index (χ0v) is 21.6. The average Bonchev–Trinajstić information content (AvgIpc) is 2.85. The maximum atomic E-state index is 11.1. The second-order valence-corrected chi connectivity index (χ2v) is 8.27. The fourth-order valence-corrected chi connectivity index (χ4v) is 3.31. The smallest absolute Gasteiger partial charge is 0.305 e. The third-order valence-corrected chi connectivity index (χ3v) is 5.34. The van der Waals surface area contributed by atoms with E-state index in [1.54, 1.807) is 0 Å². The molecule has 8 nitrogen and oxygen atoms in total. The van der Waals surface area contributed by atoms with Gasteiger partial charge in [0.2, 0.25) is 0 Å². The molecule has 2 N–H and O–H groups in total. The number of allylic oxidation sites excluding steroid dienone is 1. The molecular weight excluding hydrogens is 440 g/mol. The van der Waals surface area contributed by atoms with Gasteiger partial charge in [-0.2, -0.15) is 0 Å². The molecule has 0 aliphatic carbocycles. The number of rotatable bonds is 26. The van der Waals surface area contributed by atoms with Gasteiger partial charge < -0.3 is 33.9 Å². The van der Waals surface area contributed by atoms with Crippen LogP contribution in [0, 0.1) is 0 Å². The zero-order chi connectivity index (χ0) is 25.1. The summed E-state index contributed by atoms with van der Waals surface area (Å²) in [5.41, 5.74) is 0. The quantitative estimate of drug-likeness (QED) is 0.107. The van der Waals surface area contributed by atoms with Gasteiger partial charge in [0.1, 0.15) is 0 Å². The van der Waals surface area contributed by atoms with Crippen LogP contribution in [0.15, 0.2) is 12.2 Å². The lowest BCUT2D eigenvalue weighted by molar-refractivity contribution is -0.140. The first-order chi connectivity index (χ1) is 16.7. The number of carbonyl (C=O) groups is 1. The fraction of sp³-hybridized carbons (Fsp3) is 0.885. The van der Waals surface area contributed by atoms with Gasteiger partial charge in [0.25, 0.3) is 0 Å². The maximum Gasteiger partial charge on any atom is 0.305 e. The van der Waals surface area contributed by atoms with E-state index in [0.29, 0.717) is 59.1 Å². The number of methoxy groups -OCH3 is 1. The van der Waals surface area contributed by atoms with Gasteiger partial charge in [-0.05, 0) is 32.1 Å². The lowest BCUT2D eigenvalue weighted by Crippen LogP contribution is -2.30. The van der Waals surface area contributed by atoms with E-state index in [1.807, 2.05) is 0 Å². The van der Waals surface area contributed by atoms with Crippen LogP contribution < -0.4 is 0 Å². The third-order valence-electron chi connectivity index (χ3n) is 5.34. The Morgan fingerprint density at radius 1 is 0.824 bits per heavy atom. The second kappa shape index (κ2) is 26.6. The Labute approximate surface area is 206 Å². The van der Waals surface area contributed by atoms with E-state index >= 15 is 0 Å². The average molecular weight is 491 g/mol. The van der Waals surface area contributed by atoms with Crippen LogP contribution in [0.1, 0.15) is 77.6 Å². The minimum atomic E-state index is -0.471. The van der Waals surface area contributed by atoms with Gasteiger partial charge in [-0.15, -0.1) is 0 Å². The summed E-state index contributed by atoms with van der Waals surface area (Å²) < 4.78 is 26.6. The maximum absolute atomic E-state index is 11.1. The molecule has 0 radical (unpaired) electrons. The van der Waals surface area contributed by atoms with Gasteiger partial charge in [-0.3, -0.25) is 4.79 Å². The summed E-state index contributed by atoms with van der Waals surface area (Å²) in [5, 5.41) is 19.1. The van der Waals surface area contributed by atoms with Crippen molar-refractivity contribution in [3.05, 3.63) is 12.2 Å². The van der Waals surface area contributed by atoms with Crippen LogP contribution in [0.4, 0.5) is 0 Å². The van der Waals surface area contributed by atoms with Crippen molar-refractivity contribution in [1.82, 2.24) is 0 Å². The van der Waals surface area contributed by atoms with Crippen molar-refractivity contribution in [2.45, 2.75) is 89.8 Å². The van der Waals surface area contributed by atoms with Crippen molar-refractivity contribution in [2.24, 2.45) is 0 Å². The molecule has 0 heterocycles. The molecule has 0 amide bonds. The third kappa shape index (κ3) is 22.7. The Bertz CT molecular complexity index is 458. The van der Waals surface area contributed by atoms with E-state index in [-0.39, 0.29) is 18.7 Å².